The van der Waals surface area contributed by atoms with Gasteiger partial charge in [0, 0.05) is 25.0 Å². The second-order valence-electron chi connectivity index (χ2n) is 5.08. The molecule has 1 amide bonds. The smallest absolute Gasteiger partial charge is 0.225 e. The van der Waals surface area contributed by atoms with Gasteiger partial charge in [0.1, 0.15) is 0 Å². The van der Waals surface area contributed by atoms with E-state index in [1.165, 1.54) is 0 Å². The summed E-state index contributed by atoms with van der Waals surface area (Å²) in [7, 11) is 0. The Kier molecular flexibility index (Phi) is 3.82. The maximum Gasteiger partial charge on any atom is 0.225 e. The number of morpholine rings is 1. The number of hydrogen-bond donors (Lipinski definition) is 1. The monoisotopic (exact) mass is 226 g/mol. The van der Waals surface area contributed by atoms with Gasteiger partial charge in [-0.25, -0.2) is 0 Å². The van der Waals surface area contributed by atoms with E-state index in [9.17, 15) is 4.79 Å². The average molecular weight is 226 g/mol. The Morgan fingerprint density at radius 3 is 2.62 bits per heavy atom. The van der Waals surface area contributed by atoms with Crippen LogP contribution in [0.3, 0.4) is 0 Å². The Hall–Kier alpha value is -0.610. The van der Waals surface area contributed by atoms with Gasteiger partial charge in [-0.1, -0.05) is 0 Å². The van der Waals surface area contributed by atoms with E-state index in [0.29, 0.717) is 18.6 Å². The molecule has 1 aliphatic heterocycles. The predicted octanol–water partition coefficient (Wildman–Crippen LogP) is 0.751. The van der Waals surface area contributed by atoms with Crippen LogP contribution in [0.5, 0.6) is 0 Å². The molecule has 4 nitrogen and oxygen atoms in total. The summed E-state index contributed by atoms with van der Waals surface area (Å²) >= 11 is 0. The van der Waals surface area contributed by atoms with Gasteiger partial charge in [-0.3, -0.25) is 4.79 Å². The van der Waals surface area contributed by atoms with E-state index in [-0.39, 0.29) is 12.0 Å². The standard InChI is InChI=1S/C12H22N2O2/c1-9-8-14(6-7-16-9)12(15)10-2-4-11(13)5-3-10/h9-11H,2-8,13H2,1H3. The highest BCUT2D eigenvalue weighted by Crippen LogP contribution is 2.25. The molecule has 2 aliphatic rings. The highest BCUT2D eigenvalue weighted by Gasteiger charge is 2.30. The molecular formula is C12H22N2O2. The first-order chi connectivity index (χ1) is 7.66. The molecule has 1 atom stereocenters. The number of ether oxygens (including phenoxy) is 1. The van der Waals surface area contributed by atoms with Crippen molar-refractivity contribution in [1.82, 2.24) is 4.90 Å². The third kappa shape index (κ3) is 2.74. The van der Waals surface area contributed by atoms with Crippen molar-refractivity contribution in [2.75, 3.05) is 19.7 Å². The minimum Gasteiger partial charge on any atom is -0.375 e. The molecule has 0 bridgehead atoms. The summed E-state index contributed by atoms with van der Waals surface area (Å²) in [4.78, 5) is 14.2. The van der Waals surface area contributed by atoms with Crippen molar-refractivity contribution in [1.29, 1.82) is 0 Å². The molecule has 1 heterocycles. The molecule has 16 heavy (non-hydrogen) atoms. The van der Waals surface area contributed by atoms with Crippen LogP contribution in [0.15, 0.2) is 0 Å². The first kappa shape index (κ1) is 11.9. The minimum atomic E-state index is 0.184. The van der Waals surface area contributed by atoms with E-state index in [0.717, 1.165) is 38.8 Å². The van der Waals surface area contributed by atoms with E-state index < -0.39 is 0 Å². The summed E-state index contributed by atoms with van der Waals surface area (Å²) < 4.78 is 5.45. The van der Waals surface area contributed by atoms with E-state index in [1.807, 2.05) is 11.8 Å². The molecule has 0 aromatic carbocycles. The van der Waals surface area contributed by atoms with Crippen LogP contribution in [0.4, 0.5) is 0 Å². The molecule has 2 rings (SSSR count). The van der Waals surface area contributed by atoms with Crippen LogP contribution in [0.1, 0.15) is 32.6 Å². The van der Waals surface area contributed by atoms with E-state index >= 15 is 0 Å². The van der Waals surface area contributed by atoms with Gasteiger partial charge in [0.25, 0.3) is 0 Å². The number of carbonyl (C=O) groups is 1. The molecule has 2 fully saturated rings. The Morgan fingerprint density at radius 1 is 1.31 bits per heavy atom. The van der Waals surface area contributed by atoms with Gasteiger partial charge in [-0.15, -0.1) is 0 Å². The van der Waals surface area contributed by atoms with Crippen LogP contribution in [-0.2, 0) is 9.53 Å². The predicted molar refractivity (Wildman–Crippen MR) is 61.9 cm³/mol. The Bertz CT molecular complexity index is 249. The van der Waals surface area contributed by atoms with Gasteiger partial charge >= 0.3 is 0 Å². The molecule has 0 radical (unpaired) electrons. The minimum absolute atomic E-state index is 0.184. The molecule has 2 N–H and O–H groups in total. The van der Waals surface area contributed by atoms with Gasteiger partial charge < -0.3 is 15.4 Å². The maximum atomic E-state index is 12.2. The molecule has 92 valence electrons. The maximum absolute atomic E-state index is 12.2. The number of amides is 1. The summed E-state index contributed by atoms with van der Waals surface area (Å²) in [5, 5.41) is 0. The highest BCUT2D eigenvalue weighted by molar-refractivity contribution is 5.79. The lowest BCUT2D eigenvalue weighted by Crippen LogP contribution is -2.47. The van der Waals surface area contributed by atoms with Crippen LogP contribution in [0.25, 0.3) is 0 Å². The second kappa shape index (κ2) is 5.15. The largest absolute Gasteiger partial charge is 0.375 e. The molecule has 1 saturated carbocycles. The number of rotatable bonds is 1. The molecular weight excluding hydrogens is 204 g/mol. The second-order valence-corrected chi connectivity index (χ2v) is 5.08. The number of nitrogens with two attached hydrogens (primary N) is 1. The van der Waals surface area contributed by atoms with Crippen molar-refractivity contribution in [3.63, 3.8) is 0 Å². The van der Waals surface area contributed by atoms with Gasteiger partial charge in [0.15, 0.2) is 0 Å². The highest BCUT2D eigenvalue weighted by atomic mass is 16.5. The first-order valence-corrected chi connectivity index (χ1v) is 6.33. The summed E-state index contributed by atoms with van der Waals surface area (Å²) in [5.74, 6) is 0.534. The third-order valence-electron chi connectivity index (χ3n) is 3.67. The van der Waals surface area contributed by atoms with Crippen LogP contribution < -0.4 is 5.73 Å². The molecule has 0 aromatic rings. The van der Waals surface area contributed by atoms with E-state index in [4.69, 9.17) is 10.5 Å². The Morgan fingerprint density at radius 2 is 2.00 bits per heavy atom. The fourth-order valence-corrected chi connectivity index (χ4v) is 2.64. The van der Waals surface area contributed by atoms with Crippen LogP contribution >= 0.6 is 0 Å². The van der Waals surface area contributed by atoms with Gasteiger partial charge in [-0.05, 0) is 32.6 Å². The van der Waals surface area contributed by atoms with Crippen LogP contribution in [0, 0.1) is 5.92 Å². The summed E-state index contributed by atoms with van der Waals surface area (Å²) in [6.45, 7) is 4.21. The number of hydrogen-bond acceptors (Lipinski definition) is 3. The van der Waals surface area contributed by atoms with Gasteiger partial charge in [0.2, 0.25) is 5.91 Å². The lowest BCUT2D eigenvalue weighted by molar-refractivity contribution is -0.143. The SMILES string of the molecule is CC1CN(C(=O)C2CCC(N)CC2)CCO1. The molecule has 0 aromatic heterocycles. The van der Waals surface area contributed by atoms with Crippen molar-refractivity contribution >= 4 is 5.91 Å². The molecule has 4 heteroatoms. The Labute approximate surface area is 97.1 Å². The average Bonchev–Trinajstić information content (AvgIpc) is 2.29. The van der Waals surface area contributed by atoms with Gasteiger partial charge in [0.05, 0.1) is 12.7 Å². The van der Waals surface area contributed by atoms with Crippen LogP contribution in [0.2, 0.25) is 0 Å². The molecule has 0 spiro atoms. The molecule has 1 aliphatic carbocycles. The summed E-state index contributed by atoms with van der Waals surface area (Å²) in [5.41, 5.74) is 5.85. The van der Waals surface area contributed by atoms with E-state index in [2.05, 4.69) is 0 Å². The zero-order chi connectivity index (χ0) is 11.5. The number of nitrogens with zero attached hydrogens (tertiary/aromatic N) is 1. The third-order valence-corrected chi connectivity index (χ3v) is 3.67. The lowest BCUT2D eigenvalue weighted by Gasteiger charge is -2.35. The lowest BCUT2D eigenvalue weighted by atomic mass is 9.85. The zero-order valence-electron chi connectivity index (χ0n) is 10.0. The van der Waals surface area contributed by atoms with Crippen LogP contribution in [-0.4, -0.2) is 42.6 Å². The fourth-order valence-electron chi connectivity index (χ4n) is 2.64. The van der Waals surface area contributed by atoms with Crippen molar-refractivity contribution in [2.45, 2.75) is 44.8 Å². The van der Waals surface area contributed by atoms with Crippen molar-refractivity contribution < 1.29 is 9.53 Å². The first-order valence-electron chi connectivity index (χ1n) is 6.33. The van der Waals surface area contributed by atoms with Crippen molar-refractivity contribution in [2.24, 2.45) is 11.7 Å². The topological polar surface area (TPSA) is 55.6 Å². The van der Waals surface area contributed by atoms with Crippen molar-refractivity contribution in [3.05, 3.63) is 0 Å². The molecule has 1 saturated heterocycles. The zero-order valence-corrected chi connectivity index (χ0v) is 10.0. The fraction of sp³-hybridized carbons (Fsp3) is 0.917. The van der Waals surface area contributed by atoms with E-state index in [1.54, 1.807) is 0 Å². The van der Waals surface area contributed by atoms with Gasteiger partial charge in [-0.2, -0.15) is 0 Å². The summed E-state index contributed by atoms with van der Waals surface area (Å²) in [6.07, 6.45) is 4.10. The Balaban J connectivity index is 1.86. The molecule has 1 unspecified atom stereocenters. The quantitative estimate of drug-likeness (QED) is 0.718. The number of carbonyl (C=O) groups excluding carboxylic acids is 1. The summed E-state index contributed by atoms with van der Waals surface area (Å²) in [6, 6.07) is 0.313. The van der Waals surface area contributed by atoms with Crippen molar-refractivity contribution in [3.8, 4) is 0 Å². The normalized spacial score (nSPS) is 36.1.